The number of pyridine rings is 1. The number of hydrogen-bond donors (Lipinski definition) is 2. The number of carbonyl (C=O) groups is 1. The van der Waals surface area contributed by atoms with Gasteiger partial charge in [-0.05, 0) is 42.0 Å². The van der Waals surface area contributed by atoms with Gasteiger partial charge in [0, 0.05) is 18.8 Å². The summed E-state index contributed by atoms with van der Waals surface area (Å²) >= 11 is 0. The number of nitrogens with one attached hydrogen (secondary N) is 1. The molecule has 1 atom stereocenters. The Morgan fingerprint density at radius 2 is 1.95 bits per heavy atom. The maximum Gasteiger partial charge on any atom is 0.184 e. The fourth-order valence-electron chi connectivity index (χ4n) is 1.72. The average Bonchev–Trinajstić information content (AvgIpc) is 2.46. The number of anilines is 1. The van der Waals surface area contributed by atoms with Crippen LogP contribution in [0.25, 0.3) is 0 Å². The molecule has 3 N–H and O–H groups in total. The number of nitrogens with two attached hydrogens (primary N) is 1. The van der Waals surface area contributed by atoms with Crippen LogP contribution in [0.15, 0.2) is 42.6 Å². The third-order valence-electron chi connectivity index (χ3n) is 2.81. The van der Waals surface area contributed by atoms with Gasteiger partial charge in [0.15, 0.2) is 5.78 Å². The first-order valence-corrected chi connectivity index (χ1v) is 5.81. The molecule has 0 fully saturated rings. The molecule has 0 aliphatic heterocycles. The monoisotopic (exact) mass is 295 g/mol. The molecule has 6 heteroatoms. The van der Waals surface area contributed by atoms with Crippen LogP contribution < -0.4 is 11.1 Å². The van der Waals surface area contributed by atoms with Crippen molar-refractivity contribution in [1.29, 1.82) is 0 Å². The Morgan fingerprint density at radius 1 is 1.30 bits per heavy atom. The van der Waals surface area contributed by atoms with Crippen LogP contribution in [0.1, 0.15) is 22.0 Å². The third kappa shape index (κ3) is 3.53. The molecule has 0 spiro atoms. The van der Waals surface area contributed by atoms with E-state index in [1.54, 1.807) is 25.4 Å². The summed E-state index contributed by atoms with van der Waals surface area (Å²) in [5, 5.41) is 2.88. The van der Waals surface area contributed by atoms with E-state index in [1.807, 2.05) is 0 Å². The zero-order valence-electron chi connectivity index (χ0n) is 10.8. The van der Waals surface area contributed by atoms with Crippen LogP contribution in [0.2, 0.25) is 0 Å². The van der Waals surface area contributed by atoms with Gasteiger partial charge in [0.2, 0.25) is 0 Å². The normalized spacial score (nSPS) is 11.3. The van der Waals surface area contributed by atoms with Gasteiger partial charge in [-0.3, -0.25) is 4.79 Å². The second-order valence-electron chi connectivity index (χ2n) is 4.07. The first-order chi connectivity index (χ1) is 9.11. The summed E-state index contributed by atoms with van der Waals surface area (Å²) in [5.74, 6) is -0.000360. The van der Waals surface area contributed by atoms with Crippen LogP contribution in [0.3, 0.4) is 0 Å². The van der Waals surface area contributed by atoms with Crippen LogP contribution in [-0.4, -0.2) is 17.8 Å². The molecule has 1 heterocycles. The Morgan fingerprint density at radius 3 is 2.55 bits per heavy atom. The molecule has 2 rings (SSSR count). The minimum absolute atomic E-state index is 0. The number of carbonyl (C=O) groups excluding carboxylic acids is 1. The Kier molecular flexibility index (Phi) is 5.61. The molecule has 0 aliphatic rings. The summed E-state index contributed by atoms with van der Waals surface area (Å²) in [4.78, 5) is 16.2. The summed E-state index contributed by atoms with van der Waals surface area (Å²) in [7, 11) is 1.74. The Balaban J connectivity index is 0.00000200. The molecule has 0 saturated heterocycles. The van der Waals surface area contributed by atoms with Crippen molar-refractivity contribution in [3.05, 3.63) is 59.5 Å². The maximum absolute atomic E-state index is 12.8. The van der Waals surface area contributed by atoms with Gasteiger partial charge in [-0.2, -0.15) is 0 Å². The predicted octanol–water partition coefficient (Wildman–Crippen LogP) is 2.57. The molecule has 0 amide bonds. The fraction of sp³-hybridized carbons (Fsp3) is 0.143. The third-order valence-corrected chi connectivity index (χ3v) is 2.81. The van der Waals surface area contributed by atoms with E-state index >= 15 is 0 Å². The highest BCUT2D eigenvalue weighted by Gasteiger charge is 2.18. The quantitative estimate of drug-likeness (QED) is 0.851. The van der Waals surface area contributed by atoms with Gasteiger partial charge in [-0.15, -0.1) is 12.4 Å². The van der Waals surface area contributed by atoms with Crippen molar-refractivity contribution >= 4 is 24.0 Å². The van der Waals surface area contributed by atoms with Gasteiger partial charge in [-0.1, -0.05) is 0 Å². The first-order valence-electron chi connectivity index (χ1n) is 5.81. The Hall–Kier alpha value is -1.98. The summed E-state index contributed by atoms with van der Waals surface area (Å²) in [6.45, 7) is 0. The van der Waals surface area contributed by atoms with Gasteiger partial charge in [0.05, 0.1) is 6.04 Å². The lowest BCUT2D eigenvalue weighted by Crippen LogP contribution is -2.21. The lowest BCUT2D eigenvalue weighted by Gasteiger charge is -2.12. The lowest BCUT2D eigenvalue weighted by atomic mass is 9.99. The average molecular weight is 296 g/mol. The first kappa shape index (κ1) is 16.1. The van der Waals surface area contributed by atoms with Crippen molar-refractivity contribution in [1.82, 2.24) is 4.98 Å². The number of ketones is 1. The number of halogens is 2. The summed E-state index contributed by atoms with van der Waals surface area (Å²) in [6.07, 6.45) is 1.58. The van der Waals surface area contributed by atoms with Crippen molar-refractivity contribution in [2.24, 2.45) is 5.73 Å². The summed E-state index contributed by atoms with van der Waals surface area (Å²) in [5.41, 5.74) is 6.98. The van der Waals surface area contributed by atoms with Crippen LogP contribution in [-0.2, 0) is 0 Å². The minimum Gasteiger partial charge on any atom is -0.373 e. The van der Waals surface area contributed by atoms with E-state index in [2.05, 4.69) is 10.3 Å². The Labute approximate surface area is 122 Å². The van der Waals surface area contributed by atoms with E-state index < -0.39 is 6.04 Å². The molecule has 106 valence electrons. The highest BCUT2D eigenvalue weighted by Crippen LogP contribution is 2.18. The molecule has 0 saturated carbocycles. The van der Waals surface area contributed by atoms with E-state index in [0.717, 1.165) is 0 Å². The summed E-state index contributed by atoms with van der Waals surface area (Å²) in [6, 6.07) is 7.95. The smallest absolute Gasteiger partial charge is 0.184 e. The number of rotatable bonds is 4. The van der Waals surface area contributed by atoms with Crippen molar-refractivity contribution in [2.75, 3.05) is 12.4 Å². The number of benzene rings is 1. The topological polar surface area (TPSA) is 68.0 Å². The molecule has 1 aromatic carbocycles. The highest BCUT2D eigenvalue weighted by atomic mass is 35.5. The Bertz CT molecular complexity index is 589. The molecule has 0 bridgehead atoms. The standard InChI is InChI=1S/C14H14FN3O.ClH/c1-17-12-8-10(6-7-18-12)13(16)14(19)9-2-4-11(15)5-3-9;/h2-8,13H,16H2,1H3,(H,17,18);1H. The van der Waals surface area contributed by atoms with Crippen LogP contribution in [0, 0.1) is 5.82 Å². The second-order valence-corrected chi connectivity index (χ2v) is 4.07. The zero-order valence-corrected chi connectivity index (χ0v) is 11.7. The van der Waals surface area contributed by atoms with Crippen LogP contribution in [0.4, 0.5) is 10.2 Å². The SMILES string of the molecule is CNc1cc(C(N)C(=O)c2ccc(F)cc2)ccn1.Cl. The molecule has 4 nitrogen and oxygen atoms in total. The molecular weight excluding hydrogens is 281 g/mol. The van der Waals surface area contributed by atoms with Crippen LogP contribution >= 0.6 is 12.4 Å². The fourth-order valence-corrected chi connectivity index (χ4v) is 1.72. The van der Waals surface area contributed by atoms with E-state index in [4.69, 9.17) is 5.73 Å². The van der Waals surface area contributed by atoms with Gasteiger partial charge < -0.3 is 11.1 Å². The van der Waals surface area contributed by atoms with E-state index in [1.165, 1.54) is 24.3 Å². The molecule has 2 aromatic rings. The van der Waals surface area contributed by atoms with Gasteiger partial charge in [-0.25, -0.2) is 9.37 Å². The predicted molar refractivity (Wildman–Crippen MR) is 78.7 cm³/mol. The van der Waals surface area contributed by atoms with Crippen molar-refractivity contribution in [3.8, 4) is 0 Å². The molecule has 20 heavy (non-hydrogen) atoms. The molecule has 0 radical (unpaired) electrons. The van der Waals surface area contributed by atoms with E-state index in [9.17, 15) is 9.18 Å². The van der Waals surface area contributed by atoms with Crippen LogP contribution in [0.5, 0.6) is 0 Å². The van der Waals surface area contributed by atoms with Crippen molar-refractivity contribution in [2.45, 2.75) is 6.04 Å². The number of hydrogen-bond acceptors (Lipinski definition) is 4. The highest BCUT2D eigenvalue weighted by molar-refractivity contribution is 6.00. The summed E-state index contributed by atoms with van der Waals surface area (Å²) < 4.78 is 12.8. The van der Waals surface area contributed by atoms with E-state index in [-0.39, 0.29) is 24.0 Å². The van der Waals surface area contributed by atoms with Crippen molar-refractivity contribution < 1.29 is 9.18 Å². The van der Waals surface area contributed by atoms with Crippen molar-refractivity contribution in [3.63, 3.8) is 0 Å². The van der Waals surface area contributed by atoms with Gasteiger partial charge in [0.25, 0.3) is 0 Å². The van der Waals surface area contributed by atoms with Gasteiger partial charge >= 0.3 is 0 Å². The molecular formula is C14H15ClFN3O. The van der Waals surface area contributed by atoms with E-state index in [0.29, 0.717) is 16.9 Å². The lowest BCUT2D eigenvalue weighted by molar-refractivity contribution is 0.0961. The number of nitrogens with zero attached hydrogens (tertiary/aromatic N) is 1. The maximum atomic E-state index is 12.8. The zero-order chi connectivity index (χ0) is 13.8. The molecule has 1 aromatic heterocycles. The molecule has 0 aliphatic carbocycles. The number of Topliss-reactive ketones (excluding diaryl/α,β-unsaturated/α-hetero) is 1. The minimum atomic E-state index is -0.791. The second kappa shape index (κ2) is 6.98. The molecule has 1 unspecified atom stereocenters. The number of aromatic nitrogens is 1. The largest absolute Gasteiger partial charge is 0.373 e. The van der Waals surface area contributed by atoms with Gasteiger partial charge in [0.1, 0.15) is 11.6 Å².